The van der Waals surface area contributed by atoms with Crippen LogP contribution in [0.25, 0.3) is 10.9 Å². The van der Waals surface area contributed by atoms with Gasteiger partial charge in [-0.1, -0.05) is 24.8 Å². The first-order chi connectivity index (χ1) is 12.5. The minimum absolute atomic E-state index is 0.176. The summed E-state index contributed by atoms with van der Waals surface area (Å²) in [5.74, 6) is -0.180. The summed E-state index contributed by atoms with van der Waals surface area (Å²) in [6.45, 7) is 7.25. The number of carbonyl (C=O) groups is 3. The maximum Gasteiger partial charge on any atom is 0.288 e. The molecular formula is C19H23N3O3S. The second-order valence-electron chi connectivity index (χ2n) is 6.28. The Morgan fingerprint density at radius 1 is 1.27 bits per heavy atom. The lowest BCUT2D eigenvalue weighted by Crippen LogP contribution is -2.38. The molecule has 1 saturated heterocycles. The van der Waals surface area contributed by atoms with E-state index in [9.17, 15) is 14.4 Å². The maximum atomic E-state index is 12.8. The molecule has 0 saturated carbocycles. The van der Waals surface area contributed by atoms with Gasteiger partial charge in [0, 0.05) is 30.5 Å². The molecule has 2 aromatic rings. The van der Waals surface area contributed by atoms with Gasteiger partial charge >= 0.3 is 0 Å². The minimum Gasteiger partial charge on any atom is -0.349 e. The molecule has 0 unspecified atom stereocenters. The number of nitrogens with one attached hydrogen (secondary N) is 1. The van der Waals surface area contributed by atoms with E-state index in [0.717, 1.165) is 34.6 Å². The van der Waals surface area contributed by atoms with E-state index in [2.05, 4.69) is 30.4 Å². The van der Waals surface area contributed by atoms with Gasteiger partial charge in [0.15, 0.2) is 0 Å². The minimum atomic E-state index is -0.241. The van der Waals surface area contributed by atoms with Gasteiger partial charge in [-0.3, -0.25) is 19.3 Å². The smallest absolute Gasteiger partial charge is 0.288 e. The summed E-state index contributed by atoms with van der Waals surface area (Å²) in [5.41, 5.74) is 3.89. The molecule has 0 bridgehead atoms. The van der Waals surface area contributed by atoms with E-state index in [0.29, 0.717) is 12.2 Å². The number of benzene rings is 1. The molecule has 0 radical (unpaired) electrons. The average molecular weight is 373 g/mol. The van der Waals surface area contributed by atoms with Gasteiger partial charge < -0.3 is 9.88 Å². The number of hydrogen-bond acceptors (Lipinski definition) is 4. The van der Waals surface area contributed by atoms with E-state index in [4.69, 9.17) is 0 Å². The Bertz CT molecular complexity index is 872. The number of imide groups is 1. The fraction of sp³-hybridized carbons (Fsp3) is 0.421. The molecule has 1 N–H and O–H groups in total. The van der Waals surface area contributed by atoms with E-state index < -0.39 is 0 Å². The average Bonchev–Trinajstić information content (AvgIpc) is 3.11. The van der Waals surface area contributed by atoms with E-state index in [-0.39, 0.29) is 35.9 Å². The maximum absolute atomic E-state index is 12.8. The Kier molecular flexibility index (Phi) is 5.36. The second-order valence-corrected chi connectivity index (χ2v) is 7.21. The van der Waals surface area contributed by atoms with Gasteiger partial charge in [-0.15, -0.1) is 0 Å². The summed E-state index contributed by atoms with van der Waals surface area (Å²) in [7, 11) is 0. The van der Waals surface area contributed by atoms with E-state index in [1.807, 2.05) is 18.4 Å². The molecule has 2 heterocycles. The molecular weight excluding hydrogens is 350 g/mol. The molecule has 6 nitrogen and oxygen atoms in total. The third-order valence-electron chi connectivity index (χ3n) is 4.78. The van der Waals surface area contributed by atoms with Crippen molar-refractivity contribution in [3.05, 3.63) is 35.0 Å². The van der Waals surface area contributed by atoms with Gasteiger partial charge in [-0.2, -0.15) is 0 Å². The first-order valence-corrected chi connectivity index (χ1v) is 9.83. The van der Waals surface area contributed by atoms with Gasteiger partial charge in [0.05, 0.1) is 5.75 Å². The van der Waals surface area contributed by atoms with Crippen molar-refractivity contribution in [3.63, 3.8) is 0 Å². The number of rotatable bonds is 6. The molecule has 138 valence electrons. The fourth-order valence-corrected chi connectivity index (χ4v) is 4.12. The lowest BCUT2D eigenvalue weighted by atomic mass is 10.1. The molecule has 1 aromatic carbocycles. The van der Waals surface area contributed by atoms with Crippen LogP contribution in [0.15, 0.2) is 18.2 Å². The highest BCUT2D eigenvalue weighted by atomic mass is 32.2. The molecule has 26 heavy (non-hydrogen) atoms. The molecule has 3 rings (SSSR count). The third kappa shape index (κ3) is 3.23. The topological polar surface area (TPSA) is 71.4 Å². The normalized spacial score (nSPS) is 14.5. The summed E-state index contributed by atoms with van der Waals surface area (Å²) in [6.07, 6.45) is 0.949. The van der Waals surface area contributed by atoms with Crippen LogP contribution in [-0.2, 0) is 17.8 Å². The number of hydrogen-bond donors (Lipinski definition) is 1. The van der Waals surface area contributed by atoms with Crippen LogP contribution in [0.3, 0.4) is 0 Å². The molecule has 1 aliphatic rings. The van der Waals surface area contributed by atoms with Gasteiger partial charge in [-0.05, 0) is 43.5 Å². The number of aryl methyl sites for hydroxylation is 3. The fourth-order valence-electron chi connectivity index (χ4n) is 3.37. The quantitative estimate of drug-likeness (QED) is 0.845. The Labute approximate surface area is 156 Å². The predicted molar refractivity (Wildman–Crippen MR) is 104 cm³/mol. The highest BCUT2D eigenvalue weighted by molar-refractivity contribution is 8.14. The number of aromatic nitrogens is 1. The summed E-state index contributed by atoms with van der Waals surface area (Å²) in [4.78, 5) is 37.2. The lowest BCUT2D eigenvalue weighted by Gasteiger charge is -2.14. The first-order valence-electron chi connectivity index (χ1n) is 8.84. The van der Waals surface area contributed by atoms with Crippen LogP contribution < -0.4 is 5.32 Å². The molecule has 1 aliphatic heterocycles. The number of fused-ring (bicyclic) bond motifs is 1. The molecule has 3 amide bonds. The number of carbonyl (C=O) groups excluding carboxylic acids is 3. The summed E-state index contributed by atoms with van der Waals surface area (Å²) < 4.78 is 2.02. The van der Waals surface area contributed by atoms with Crippen LogP contribution >= 0.6 is 11.8 Å². The first kappa shape index (κ1) is 18.5. The lowest BCUT2D eigenvalue weighted by molar-refractivity contribution is -0.124. The molecule has 0 atom stereocenters. The summed E-state index contributed by atoms with van der Waals surface area (Å²) >= 11 is 1.00. The molecule has 0 aliphatic carbocycles. The molecule has 0 spiro atoms. The summed E-state index contributed by atoms with van der Waals surface area (Å²) in [6, 6.07) is 6.31. The zero-order chi connectivity index (χ0) is 18.8. The van der Waals surface area contributed by atoms with Crippen LogP contribution in [-0.4, -0.2) is 45.4 Å². The monoisotopic (exact) mass is 373 g/mol. The van der Waals surface area contributed by atoms with Crippen LogP contribution in [0.2, 0.25) is 0 Å². The van der Waals surface area contributed by atoms with Crippen molar-refractivity contribution in [2.45, 2.75) is 33.7 Å². The van der Waals surface area contributed by atoms with Crippen molar-refractivity contribution in [1.82, 2.24) is 14.8 Å². The van der Waals surface area contributed by atoms with Crippen molar-refractivity contribution in [2.24, 2.45) is 0 Å². The van der Waals surface area contributed by atoms with Crippen molar-refractivity contribution in [3.8, 4) is 0 Å². The van der Waals surface area contributed by atoms with Crippen molar-refractivity contribution >= 4 is 39.7 Å². The van der Waals surface area contributed by atoms with Crippen LogP contribution in [0, 0.1) is 6.92 Å². The number of thioether (sulfide) groups is 1. The third-order valence-corrected chi connectivity index (χ3v) is 5.64. The Hall–Kier alpha value is -2.28. The number of amides is 3. The van der Waals surface area contributed by atoms with Gasteiger partial charge in [0.1, 0.15) is 5.69 Å². The largest absolute Gasteiger partial charge is 0.349 e. The van der Waals surface area contributed by atoms with Crippen molar-refractivity contribution in [1.29, 1.82) is 0 Å². The Morgan fingerprint density at radius 3 is 2.65 bits per heavy atom. The zero-order valence-corrected chi connectivity index (χ0v) is 16.1. The Morgan fingerprint density at radius 2 is 2.04 bits per heavy atom. The van der Waals surface area contributed by atoms with E-state index in [1.165, 1.54) is 10.5 Å². The molecule has 7 heteroatoms. The van der Waals surface area contributed by atoms with Crippen LogP contribution in [0.4, 0.5) is 4.79 Å². The van der Waals surface area contributed by atoms with Crippen LogP contribution in [0.5, 0.6) is 0 Å². The van der Waals surface area contributed by atoms with Gasteiger partial charge in [0.2, 0.25) is 5.91 Å². The van der Waals surface area contributed by atoms with E-state index >= 15 is 0 Å². The van der Waals surface area contributed by atoms with Crippen molar-refractivity contribution in [2.75, 3.05) is 18.8 Å². The Balaban J connectivity index is 1.80. The van der Waals surface area contributed by atoms with E-state index in [1.54, 1.807) is 0 Å². The zero-order valence-electron chi connectivity index (χ0n) is 15.3. The van der Waals surface area contributed by atoms with Crippen LogP contribution in [0.1, 0.15) is 35.5 Å². The van der Waals surface area contributed by atoms with Gasteiger partial charge in [0.25, 0.3) is 11.1 Å². The number of nitrogens with zero attached hydrogens (tertiary/aromatic N) is 2. The molecule has 1 fully saturated rings. The van der Waals surface area contributed by atoms with Crippen molar-refractivity contribution < 1.29 is 14.4 Å². The highest BCUT2D eigenvalue weighted by Gasteiger charge is 2.29. The SMILES string of the molecule is CCc1ccc2c(c1)c(C)c(C(=O)NCCN1C(=O)CSC1=O)n2CC. The van der Waals surface area contributed by atoms with Gasteiger partial charge in [-0.25, -0.2) is 0 Å². The molecule has 1 aromatic heterocycles. The predicted octanol–water partition coefficient (Wildman–Crippen LogP) is 2.96. The standard InChI is InChI=1S/C19H23N3O3S/c1-4-13-6-7-15-14(10-13)12(3)17(21(15)5-2)18(24)20-8-9-22-16(23)11-26-19(22)25/h6-7,10H,4-5,8-9,11H2,1-3H3,(H,20,24). The summed E-state index contributed by atoms with van der Waals surface area (Å²) in [5, 5.41) is 3.71. The second kappa shape index (κ2) is 7.53. The highest BCUT2D eigenvalue weighted by Crippen LogP contribution is 2.27.